The van der Waals surface area contributed by atoms with Crippen molar-refractivity contribution < 1.29 is 58.0 Å². The molecular weight excluding hydrogens is 784 g/mol. The highest BCUT2D eigenvalue weighted by Crippen LogP contribution is 2.41. The number of hydrogen-bond donors (Lipinski definition) is 0. The van der Waals surface area contributed by atoms with Crippen LogP contribution in [-0.4, -0.2) is 31.4 Å². The SMILES string of the molecule is C=CC(c1c(OB(Oc2cc(F)c(F)c(F)c2)Oc2cc(F)c(F)c(F)c2)cc(F)c(F)c1F)[N+](CCCCCCCC)(CCCCCCCC)CCCCCCCC. The number of nitrogens with zero attached hydrogens (tertiary/aromatic N) is 1. The quantitative estimate of drug-likeness (QED) is 0.0167. The third-order valence-corrected chi connectivity index (χ3v) is 10.7. The molecule has 0 aromatic heterocycles. The first-order valence-electron chi connectivity index (χ1n) is 21.3. The zero-order valence-corrected chi connectivity index (χ0v) is 34.7. The minimum absolute atomic E-state index is 0.229. The van der Waals surface area contributed by atoms with E-state index in [4.69, 9.17) is 14.0 Å². The standard InChI is InChI=1S/C45H60BF9NO3/c1-5-9-12-15-18-21-24-56(25-22-19-16-13-10-6-2,26-23-20-17-14-11-7-3)39(8-4)41-40(31-38(51)44(54)45(41)55)59-46(57-32-27-34(47)42(52)35(48)28-32)58-33-29-36(49)43(53)37(50)30-33/h8,27-31,39H,4-7,9-26H2,1-3H3/q+1. The summed E-state index contributed by atoms with van der Waals surface area (Å²) in [4.78, 5) is 0. The molecule has 0 amide bonds. The summed E-state index contributed by atoms with van der Waals surface area (Å²) in [6.07, 6.45) is 19.0. The molecule has 0 bridgehead atoms. The van der Waals surface area contributed by atoms with Gasteiger partial charge in [0.1, 0.15) is 23.3 Å². The number of benzene rings is 3. The van der Waals surface area contributed by atoms with Crippen LogP contribution in [0.1, 0.15) is 148 Å². The molecule has 59 heavy (non-hydrogen) atoms. The molecule has 3 aromatic carbocycles. The van der Waals surface area contributed by atoms with Crippen LogP contribution in [0.15, 0.2) is 43.0 Å². The van der Waals surface area contributed by atoms with Gasteiger partial charge in [0.25, 0.3) is 0 Å². The molecule has 3 rings (SSSR count). The van der Waals surface area contributed by atoms with Crippen LogP contribution in [0.4, 0.5) is 39.5 Å². The molecule has 0 saturated heterocycles. The Morgan fingerprint density at radius 3 is 1.17 bits per heavy atom. The number of hydrogen-bond acceptors (Lipinski definition) is 3. The fourth-order valence-corrected chi connectivity index (χ4v) is 7.55. The summed E-state index contributed by atoms with van der Waals surface area (Å²) in [5, 5.41) is 0. The molecule has 4 nitrogen and oxygen atoms in total. The molecule has 1 unspecified atom stereocenters. The van der Waals surface area contributed by atoms with Gasteiger partial charge in [0.05, 0.1) is 25.2 Å². The number of rotatable bonds is 30. The molecule has 0 fully saturated rings. The third-order valence-electron chi connectivity index (χ3n) is 10.7. The van der Waals surface area contributed by atoms with Crippen molar-refractivity contribution in [3.05, 3.63) is 101 Å². The summed E-state index contributed by atoms with van der Waals surface area (Å²) in [5.74, 6) is -17.7. The summed E-state index contributed by atoms with van der Waals surface area (Å²) >= 11 is 0. The van der Waals surface area contributed by atoms with Gasteiger partial charge in [0.15, 0.2) is 52.4 Å². The van der Waals surface area contributed by atoms with Crippen LogP contribution in [-0.2, 0) is 0 Å². The average Bonchev–Trinajstić information content (AvgIpc) is 3.20. The van der Waals surface area contributed by atoms with Gasteiger partial charge in [-0.05, 0) is 44.6 Å². The smallest absolute Gasteiger partial charge is 0.489 e. The van der Waals surface area contributed by atoms with Crippen LogP contribution in [0.3, 0.4) is 0 Å². The fourth-order valence-electron chi connectivity index (χ4n) is 7.55. The topological polar surface area (TPSA) is 27.7 Å². The molecule has 14 heteroatoms. The predicted octanol–water partition coefficient (Wildman–Crippen LogP) is 14.6. The van der Waals surface area contributed by atoms with E-state index in [0.29, 0.717) is 50.0 Å². The second-order valence-corrected chi connectivity index (χ2v) is 15.3. The minimum Gasteiger partial charge on any atom is -0.489 e. The van der Waals surface area contributed by atoms with E-state index >= 15 is 13.2 Å². The third kappa shape index (κ3) is 15.0. The lowest BCUT2D eigenvalue weighted by atomic mass is 9.95. The van der Waals surface area contributed by atoms with E-state index in [0.717, 1.165) is 116 Å². The highest BCUT2D eigenvalue weighted by Gasteiger charge is 2.42. The van der Waals surface area contributed by atoms with Gasteiger partial charge < -0.3 is 18.4 Å². The van der Waals surface area contributed by atoms with Gasteiger partial charge in [-0.1, -0.05) is 104 Å². The van der Waals surface area contributed by atoms with Crippen LogP contribution in [0.5, 0.6) is 17.2 Å². The average molecular weight is 845 g/mol. The summed E-state index contributed by atoms with van der Waals surface area (Å²) in [7, 11) is -2.37. The van der Waals surface area contributed by atoms with E-state index in [-0.39, 0.29) is 4.48 Å². The molecule has 0 spiro atoms. The summed E-state index contributed by atoms with van der Waals surface area (Å²) in [6.45, 7) is 12.1. The highest BCUT2D eigenvalue weighted by atomic mass is 19.2. The molecular formula is C45H60BF9NO3+. The maximum atomic E-state index is 16.6. The van der Waals surface area contributed by atoms with Crippen molar-refractivity contribution in [3.63, 3.8) is 0 Å². The first kappa shape index (κ1) is 49.6. The van der Waals surface area contributed by atoms with Gasteiger partial charge in [0, 0.05) is 30.3 Å². The van der Waals surface area contributed by atoms with Crippen LogP contribution >= 0.6 is 0 Å². The van der Waals surface area contributed by atoms with E-state index in [9.17, 15) is 26.3 Å². The van der Waals surface area contributed by atoms with Crippen LogP contribution in [0, 0.1) is 52.4 Å². The summed E-state index contributed by atoms with van der Waals surface area (Å²) in [5.41, 5.74) is -0.452. The lowest BCUT2D eigenvalue weighted by Gasteiger charge is -2.45. The van der Waals surface area contributed by atoms with Gasteiger partial charge in [0.2, 0.25) is 0 Å². The highest BCUT2D eigenvalue weighted by molar-refractivity contribution is 6.39. The maximum Gasteiger partial charge on any atom is 0.864 e. The Morgan fingerprint density at radius 2 is 0.814 bits per heavy atom. The Labute approximate surface area is 344 Å². The monoisotopic (exact) mass is 844 g/mol. The second kappa shape index (κ2) is 25.7. The molecule has 0 radical (unpaired) electrons. The molecule has 0 aliphatic rings. The lowest BCUT2D eigenvalue weighted by molar-refractivity contribution is -0.951. The first-order chi connectivity index (χ1) is 28.3. The zero-order chi connectivity index (χ0) is 43.4. The van der Waals surface area contributed by atoms with E-state index in [1.165, 1.54) is 6.08 Å². The Balaban J connectivity index is 2.19. The first-order valence-corrected chi connectivity index (χ1v) is 21.3. The Morgan fingerprint density at radius 1 is 0.475 bits per heavy atom. The fraction of sp³-hybridized carbons (Fsp3) is 0.556. The molecule has 328 valence electrons. The number of halogens is 9. The molecule has 0 N–H and O–H groups in total. The lowest BCUT2D eigenvalue weighted by Crippen LogP contribution is -2.52. The van der Waals surface area contributed by atoms with Crippen molar-refractivity contribution in [3.8, 4) is 17.2 Å². The van der Waals surface area contributed by atoms with Crippen LogP contribution in [0.2, 0.25) is 0 Å². The van der Waals surface area contributed by atoms with Crippen molar-refractivity contribution >= 4 is 7.32 Å². The van der Waals surface area contributed by atoms with E-state index < -0.39 is 88.5 Å². The van der Waals surface area contributed by atoms with E-state index in [1.54, 1.807) is 0 Å². The Kier molecular flexibility index (Phi) is 21.6. The summed E-state index contributed by atoms with van der Waals surface area (Å²) < 4.78 is 149. The van der Waals surface area contributed by atoms with E-state index in [1.807, 2.05) is 0 Å². The van der Waals surface area contributed by atoms with Gasteiger partial charge >= 0.3 is 7.32 Å². The molecule has 0 aliphatic heterocycles. The van der Waals surface area contributed by atoms with Gasteiger partial charge in [-0.25, -0.2) is 39.5 Å². The Hall–Kier alpha value is -3.81. The van der Waals surface area contributed by atoms with Crippen LogP contribution < -0.4 is 14.0 Å². The summed E-state index contributed by atoms with van der Waals surface area (Å²) in [6, 6.07) is 1.15. The molecule has 0 aliphatic carbocycles. The van der Waals surface area contributed by atoms with Gasteiger partial charge in [-0.3, -0.25) is 0 Å². The van der Waals surface area contributed by atoms with Crippen molar-refractivity contribution in [2.45, 2.75) is 142 Å². The Bertz CT molecular complexity index is 1600. The molecule has 0 heterocycles. The van der Waals surface area contributed by atoms with Crippen molar-refractivity contribution in [1.29, 1.82) is 0 Å². The second-order valence-electron chi connectivity index (χ2n) is 15.3. The van der Waals surface area contributed by atoms with Gasteiger partial charge in [-0.2, -0.15) is 0 Å². The zero-order valence-electron chi connectivity index (χ0n) is 34.7. The normalized spacial score (nSPS) is 12.1. The molecule has 3 aromatic rings. The largest absolute Gasteiger partial charge is 0.864 e. The molecule has 0 saturated carbocycles. The van der Waals surface area contributed by atoms with Crippen LogP contribution in [0.25, 0.3) is 0 Å². The van der Waals surface area contributed by atoms with Crippen molar-refractivity contribution in [2.24, 2.45) is 0 Å². The number of unbranched alkanes of at least 4 members (excludes halogenated alkanes) is 15. The number of quaternary nitrogens is 1. The molecule has 1 atom stereocenters. The minimum atomic E-state index is -2.37. The van der Waals surface area contributed by atoms with Crippen molar-refractivity contribution in [2.75, 3.05) is 19.6 Å². The van der Waals surface area contributed by atoms with E-state index in [2.05, 4.69) is 27.4 Å². The van der Waals surface area contributed by atoms with Gasteiger partial charge in [-0.15, -0.1) is 0 Å². The predicted molar refractivity (Wildman–Crippen MR) is 215 cm³/mol. The van der Waals surface area contributed by atoms with Crippen molar-refractivity contribution in [1.82, 2.24) is 0 Å². The maximum absolute atomic E-state index is 16.6.